The van der Waals surface area contributed by atoms with Crippen LogP contribution in [-0.4, -0.2) is 31.4 Å². The molecule has 0 bridgehead atoms. The Kier molecular flexibility index (Phi) is 5.99. The second-order valence-corrected chi connectivity index (χ2v) is 5.83. The van der Waals surface area contributed by atoms with Gasteiger partial charge in [0.05, 0.1) is 19.3 Å². The fourth-order valence-corrected chi connectivity index (χ4v) is 2.59. The Labute approximate surface area is 133 Å². The Morgan fingerprint density at radius 2 is 1.82 bits per heavy atom. The second kappa shape index (κ2) is 7.97. The molecule has 3 heteroatoms. The maximum absolute atomic E-state index is 10.1. The molecule has 0 spiro atoms. The minimum Gasteiger partial charge on any atom is -0.389 e. The van der Waals surface area contributed by atoms with Gasteiger partial charge in [0.2, 0.25) is 0 Å². The van der Waals surface area contributed by atoms with Crippen molar-refractivity contribution in [2.45, 2.75) is 26.6 Å². The monoisotopic (exact) mass is 299 g/mol. The number of nitrogens with zero attached hydrogens (tertiary/aromatic N) is 1. The van der Waals surface area contributed by atoms with Crippen molar-refractivity contribution >= 4 is 5.69 Å². The average Bonchev–Trinajstić information content (AvgIpc) is 2.48. The van der Waals surface area contributed by atoms with Crippen LogP contribution in [0.3, 0.4) is 0 Å². The predicted octanol–water partition coefficient (Wildman–Crippen LogP) is 3.32. The van der Waals surface area contributed by atoms with Gasteiger partial charge in [0, 0.05) is 19.3 Å². The van der Waals surface area contributed by atoms with Crippen molar-refractivity contribution in [1.29, 1.82) is 0 Å². The quantitative estimate of drug-likeness (QED) is 0.851. The molecular formula is C19H25NO2. The van der Waals surface area contributed by atoms with Crippen LogP contribution in [0.1, 0.15) is 16.7 Å². The van der Waals surface area contributed by atoms with E-state index in [2.05, 4.69) is 36.9 Å². The number of hydrogen-bond acceptors (Lipinski definition) is 3. The molecule has 0 aliphatic heterocycles. The van der Waals surface area contributed by atoms with E-state index in [-0.39, 0.29) is 0 Å². The Balaban J connectivity index is 1.80. The summed E-state index contributed by atoms with van der Waals surface area (Å²) in [7, 11) is 2.00. The largest absolute Gasteiger partial charge is 0.389 e. The van der Waals surface area contributed by atoms with Crippen molar-refractivity contribution < 1.29 is 9.84 Å². The zero-order valence-electron chi connectivity index (χ0n) is 13.6. The van der Waals surface area contributed by atoms with Crippen molar-refractivity contribution in [3.63, 3.8) is 0 Å². The van der Waals surface area contributed by atoms with Crippen molar-refractivity contribution in [2.75, 3.05) is 25.1 Å². The molecule has 3 nitrogen and oxygen atoms in total. The molecule has 1 N–H and O–H groups in total. The molecule has 118 valence electrons. The Hall–Kier alpha value is -1.84. The third kappa shape index (κ3) is 4.86. The molecule has 0 fully saturated rings. The first-order valence-electron chi connectivity index (χ1n) is 7.64. The van der Waals surface area contributed by atoms with Gasteiger partial charge in [0.25, 0.3) is 0 Å². The molecular weight excluding hydrogens is 274 g/mol. The molecule has 0 aromatic heterocycles. The number of aliphatic hydroxyl groups excluding tert-OH is 1. The SMILES string of the molecule is Cc1ccc(N(C)C[C@H](O)COCc2ccccc2)c(C)c1. The van der Waals surface area contributed by atoms with Gasteiger partial charge in [0.15, 0.2) is 0 Å². The molecule has 2 aromatic rings. The lowest BCUT2D eigenvalue weighted by molar-refractivity contribution is 0.0324. The number of hydrogen-bond donors (Lipinski definition) is 1. The highest BCUT2D eigenvalue weighted by molar-refractivity contribution is 5.53. The van der Waals surface area contributed by atoms with Gasteiger partial charge < -0.3 is 14.7 Å². The molecule has 1 atom stereocenters. The van der Waals surface area contributed by atoms with E-state index < -0.39 is 6.10 Å². The molecule has 0 radical (unpaired) electrons. The van der Waals surface area contributed by atoms with E-state index in [0.717, 1.165) is 11.3 Å². The van der Waals surface area contributed by atoms with Crippen LogP contribution in [0.5, 0.6) is 0 Å². The van der Waals surface area contributed by atoms with Gasteiger partial charge in [0.1, 0.15) is 0 Å². The van der Waals surface area contributed by atoms with Crippen LogP contribution in [0.25, 0.3) is 0 Å². The van der Waals surface area contributed by atoms with Crippen LogP contribution in [0.15, 0.2) is 48.5 Å². The highest BCUT2D eigenvalue weighted by atomic mass is 16.5. The van der Waals surface area contributed by atoms with E-state index in [0.29, 0.717) is 19.8 Å². The van der Waals surface area contributed by atoms with Gasteiger partial charge in [-0.3, -0.25) is 0 Å². The number of aryl methyl sites for hydroxylation is 2. The standard InChI is InChI=1S/C19H25NO2/c1-15-9-10-19(16(2)11-15)20(3)12-18(21)14-22-13-17-7-5-4-6-8-17/h4-11,18,21H,12-14H2,1-3H3/t18-/m0/s1. The number of aliphatic hydroxyl groups is 1. The summed E-state index contributed by atoms with van der Waals surface area (Å²) in [6.07, 6.45) is -0.505. The van der Waals surface area contributed by atoms with Crippen LogP contribution >= 0.6 is 0 Å². The number of anilines is 1. The zero-order chi connectivity index (χ0) is 15.9. The smallest absolute Gasteiger partial charge is 0.0948 e. The third-order valence-electron chi connectivity index (χ3n) is 3.67. The maximum Gasteiger partial charge on any atom is 0.0948 e. The van der Waals surface area contributed by atoms with Crippen molar-refractivity contribution in [1.82, 2.24) is 0 Å². The molecule has 2 rings (SSSR count). The van der Waals surface area contributed by atoms with E-state index in [4.69, 9.17) is 4.74 Å². The van der Waals surface area contributed by atoms with Crippen molar-refractivity contribution in [2.24, 2.45) is 0 Å². The van der Waals surface area contributed by atoms with Crippen LogP contribution in [0.2, 0.25) is 0 Å². The zero-order valence-corrected chi connectivity index (χ0v) is 13.6. The molecule has 2 aromatic carbocycles. The summed E-state index contributed by atoms with van der Waals surface area (Å²) in [4.78, 5) is 2.07. The van der Waals surface area contributed by atoms with Crippen LogP contribution in [0, 0.1) is 13.8 Å². The maximum atomic E-state index is 10.1. The molecule has 0 heterocycles. The summed E-state index contributed by atoms with van der Waals surface area (Å²) in [6.45, 7) is 5.61. The Morgan fingerprint density at radius 3 is 2.50 bits per heavy atom. The van der Waals surface area contributed by atoms with Gasteiger partial charge in [-0.1, -0.05) is 48.0 Å². The highest BCUT2D eigenvalue weighted by Gasteiger charge is 2.11. The molecule has 0 saturated heterocycles. The predicted molar refractivity (Wildman–Crippen MR) is 91.3 cm³/mol. The van der Waals surface area contributed by atoms with E-state index in [1.54, 1.807) is 0 Å². The summed E-state index contributed by atoms with van der Waals surface area (Å²) in [6, 6.07) is 16.4. The van der Waals surface area contributed by atoms with Crippen LogP contribution < -0.4 is 4.90 Å². The number of likely N-dealkylation sites (N-methyl/N-ethyl adjacent to an activating group) is 1. The first-order valence-corrected chi connectivity index (χ1v) is 7.64. The van der Waals surface area contributed by atoms with Crippen molar-refractivity contribution in [3.8, 4) is 0 Å². The molecule has 0 unspecified atom stereocenters. The number of rotatable bonds is 7. The van der Waals surface area contributed by atoms with E-state index >= 15 is 0 Å². The minimum atomic E-state index is -0.505. The van der Waals surface area contributed by atoms with Crippen LogP contribution in [0.4, 0.5) is 5.69 Å². The van der Waals surface area contributed by atoms with Gasteiger partial charge in [-0.2, -0.15) is 0 Å². The van der Waals surface area contributed by atoms with Gasteiger partial charge in [-0.25, -0.2) is 0 Å². The average molecular weight is 299 g/mol. The minimum absolute atomic E-state index is 0.337. The summed E-state index contributed by atoms with van der Waals surface area (Å²) < 4.78 is 5.59. The first-order chi connectivity index (χ1) is 10.6. The first kappa shape index (κ1) is 16.5. The summed E-state index contributed by atoms with van der Waals surface area (Å²) in [5.41, 5.74) is 4.74. The number of benzene rings is 2. The molecule has 0 aliphatic rings. The fourth-order valence-electron chi connectivity index (χ4n) is 2.59. The second-order valence-electron chi connectivity index (χ2n) is 5.83. The van der Waals surface area contributed by atoms with Crippen LogP contribution in [-0.2, 0) is 11.3 Å². The van der Waals surface area contributed by atoms with Gasteiger partial charge in [-0.05, 0) is 31.0 Å². The van der Waals surface area contributed by atoms with Gasteiger partial charge in [-0.15, -0.1) is 0 Å². The molecule has 0 amide bonds. The highest BCUT2D eigenvalue weighted by Crippen LogP contribution is 2.20. The summed E-state index contributed by atoms with van der Waals surface area (Å²) in [5.74, 6) is 0. The lowest BCUT2D eigenvalue weighted by Gasteiger charge is -2.24. The fraction of sp³-hybridized carbons (Fsp3) is 0.368. The van der Waals surface area contributed by atoms with E-state index in [9.17, 15) is 5.11 Å². The van der Waals surface area contributed by atoms with E-state index in [1.165, 1.54) is 11.1 Å². The van der Waals surface area contributed by atoms with E-state index in [1.807, 2.05) is 37.4 Å². The third-order valence-corrected chi connectivity index (χ3v) is 3.67. The Bertz CT molecular complexity index is 583. The molecule has 0 aliphatic carbocycles. The molecule has 22 heavy (non-hydrogen) atoms. The summed E-state index contributed by atoms with van der Waals surface area (Å²) >= 11 is 0. The number of ether oxygens (including phenoxy) is 1. The summed E-state index contributed by atoms with van der Waals surface area (Å²) in [5, 5.41) is 10.1. The van der Waals surface area contributed by atoms with Gasteiger partial charge >= 0.3 is 0 Å². The lowest BCUT2D eigenvalue weighted by Crippen LogP contribution is -2.32. The lowest BCUT2D eigenvalue weighted by atomic mass is 10.1. The Morgan fingerprint density at radius 1 is 1.09 bits per heavy atom. The molecule has 0 saturated carbocycles. The normalized spacial score (nSPS) is 12.2. The van der Waals surface area contributed by atoms with Crippen molar-refractivity contribution in [3.05, 3.63) is 65.2 Å². The topological polar surface area (TPSA) is 32.7 Å².